The van der Waals surface area contributed by atoms with Crippen molar-refractivity contribution >= 4 is 29.2 Å². The van der Waals surface area contributed by atoms with Crippen molar-refractivity contribution in [1.82, 2.24) is 0 Å². The van der Waals surface area contributed by atoms with Gasteiger partial charge in [-0.2, -0.15) is 5.10 Å². The molecule has 26 heavy (non-hydrogen) atoms. The predicted molar refractivity (Wildman–Crippen MR) is 100 cm³/mol. The Hall–Kier alpha value is -3.32. The molecule has 0 aliphatic heterocycles. The van der Waals surface area contributed by atoms with Crippen LogP contribution in [0.2, 0.25) is 5.02 Å². The van der Waals surface area contributed by atoms with Gasteiger partial charge in [0.25, 0.3) is 5.69 Å². The lowest BCUT2D eigenvalue weighted by Crippen LogP contribution is -1.91. The Bertz CT molecular complexity index is 951. The lowest BCUT2D eigenvalue weighted by molar-refractivity contribution is -0.384. The predicted octanol–water partition coefficient (Wildman–Crippen LogP) is 4.96. The zero-order valence-electron chi connectivity index (χ0n) is 13.7. The van der Waals surface area contributed by atoms with Gasteiger partial charge in [-0.05, 0) is 42.5 Å². The van der Waals surface area contributed by atoms with Crippen molar-refractivity contribution in [2.45, 2.75) is 0 Å². The number of rotatable bonds is 6. The van der Waals surface area contributed by atoms with Crippen LogP contribution in [0.15, 0.2) is 64.1 Å². The van der Waals surface area contributed by atoms with Crippen molar-refractivity contribution in [3.63, 3.8) is 0 Å². The van der Waals surface area contributed by atoms with Gasteiger partial charge in [-0.3, -0.25) is 15.5 Å². The minimum Gasteiger partial charge on any atom is -0.495 e. The number of nitro groups is 1. The number of ether oxygens (including phenoxy) is 1. The molecule has 0 bridgehead atoms. The number of nitrogens with one attached hydrogen (secondary N) is 1. The van der Waals surface area contributed by atoms with Crippen molar-refractivity contribution in [2.24, 2.45) is 5.10 Å². The quantitative estimate of drug-likeness (QED) is 0.375. The van der Waals surface area contributed by atoms with E-state index in [1.807, 2.05) is 12.1 Å². The summed E-state index contributed by atoms with van der Waals surface area (Å²) in [4.78, 5) is 10.2. The van der Waals surface area contributed by atoms with E-state index in [-0.39, 0.29) is 5.69 Å². The molecule has 3 aromatic rings. The summed E-state index contributed by atoms with van der Waals surface area (Å²) in [6.45, 7) is 0. The van der Waals surface area contributed by atoms with Gasteiger partial charge in [0.05, 0.1) is 29.0 Å². The first-order valence-electron chi connectivity index (χ1n) is 7.54. The van der Waals surface area contributed by atoms with Gasteiger partial charge in [-0.1, -0.05) is 11.6 Å². The van der Waals surface area contributed by atoms with E-state index in [2.05, 4.69) is 10.5 Å². The summed E-state index contributed by atoms with van der Waals surface area (Å²) in [5, 5.41) is 15.2. The molecule has 132 valence electrons. The summed E-state index contributed by atoms with van der Waals surface area (Å²) >= 11 is 6.12. The Morgan fingerprint density at radius 2 is 1.96 bits per heavy atom. The summed E-state index contributed by atoms with van der Waals surface area (Å²) in [6, 6.07) is 14.9. The lowest BCUT2D eigenvalue weighted by Gasteiger charge is -2.04. The normalized spacial score (nSPS) is 10.8. The molecule has 7 nitrogen and oxygen atoms in total. The molecule has 1 aromatic heterocycles. The number of hydrogen-bond donors (Lipinski definition) is 1. The SMILES string of the molecule is COc1ccc(-c2ccc(C=NNc3ccc([N+](=O)[O-])cc3)o2)cc1Cl. The molecule has 1 heterocycles. The zero-order valence-corrected chi connectivity index (χ0v) is 14.4. The second-order valence-electron chi connectivity index (χ2n) is 5.23. The van der Waals surface area contributed by atoms with Gasteiger partial charge in [0.1, 0.15) is 17.3 Å². The number of hydrogen-bond acceptors (Lipinski definition) is 6. The van der Waals surface area contributed by atoms with Crippen LogP contribution in [0.1, 0.15) is 5.76 Å². The third-order valence-corrected chi connectivity index (χ3v) is 3.82. The number of methoxy groups -OCH3 is 1. The first-order chi connectivity index (χ1) is 12.6. The third-order valence-electron chi connectivity index (χ3n) is 3.53. The maximum atomic E-state index is 10.6. The molecule has 2 aromatic carbocycles. The van der Waals surface area contributed by atoms with E-state index >= 15 is 0 Å². The molecule has 0 aliphatic carbocycles. The molecule has 0 unspecified atom stereocenters. The number of nitro benzene ring substituents is 1. The molecule has 8 heteroatoms. The first-order valence-corrected chi connectivity index (χ1v) is 7.92. The Balaban J connectivity index is 1.67. The molecular formula is C18H14ClN3O4. The van der Waals surface area contributed by atoms with E-state index in [9.17, 15) is 10.1 Å². The second kappa shape index (κ2) is 7.71. The fourth-order valence-electron chi connectivity index (χ4n) is 2.23. The number of benzene rings is 2. The van der Waals surface area contributed by atoms with Crippen LogP contribution in [0, 0.1) is 10.1 Å². The summed E-state index contributed by atoms with van der Waals surface area (Å²) in [7, 11) is 1.56. The van der Waals surface area contributed by atoms with Crippen LogP contribution in [0.25, 0.3) is 11.3 Å². The number of furan rings is 1. The van der Waals surface area contributed by atoms with Crippen LogP contribution >= 0.6 is 11.6 Å². The number of non-ortho nitro benzene ring substituents is 1. The summed E-state index contributed by atoms with van der Waals surface area (Å²) in [5.41, 5.74) is 4.25. The van der Waals surface area contributed by atoms with E-state index in [4.69, 9.17) is 20.8 Å². The van der Waals surface area contributed by atoms with E-state index in [0.717, 1.165) is 5.56 Å². The highest BCUT2D eigenvalue weighted by molar-refractivity contribution is 6.32. The second-order valence-corrected chi connectivity index (χ2v) is 5.63. The molecule has 0 spiro atoms. The zero-order chi connectivity index (χ0) is 18.5. The average Bonchev–Trinajstić information content (AvgIpc) is 3.11. The molecule has 0 fully saturated rings. The fraction of sp³-hybridized carbons (Fsp3) is 0.0556. The van der Waals surface area contributed by atoms with Gasteiger partial charge in [0, 0.05) is 17.7 Å². The molecule has 0 saturated carbocycles. The first kappa shape index (κ1) is 17.5. The summed E-state index contributed by atoms with van der Waals surface area (Å²) in [6.07, 6.45) is 1.51. The Morgan fingerprint density at radius 1 is 1.19 bits per heavy atom. The van der Waals surface area contributed by atoms with Crippen LogP contribution in [0.3, 0.4) is 0 Å². The fourth-order valence-corrected chi connectivity index (χ4v) is 2.48. The van der Waals surface area contributed by atoms with Crippen LogP contribution in [0.5, 0.6) is 5.75 Å². The topological polar surface area (TPSA) is 89.9 Å². The van der Waals surface area contributed by atoms with Gasteiger partial charge >= 0.3 is 0 Å². The highest BCUT2D eigenvalue weighted by atomic mass is 35.5. The Kier molecular flexibility index (Phi) is 5.19. The third kappa shape index (κ3) is 4.01. The van der Waals surface area contributed by atoms with Gasteiger partial charge in [0.2, 0.25) is 0 Å². The standard InChI is InChI=1S/C18H14ClN3O4/c1-25-18-8-2-12(10-16(18)19)17-9-7-15(26-17)11-20-21-13-3-5-14(6-4-13)22(23)24/h2-11,21H,1H3. The van der Waals surface area contributed by atoms with E-state index in [1.165, 1.54) is 18.3 Å². The van der Waals surface area contributed by atoms with Crippen LogP contribution in [-0.4, -0.2) is 18.2 Å². The van der Waals surface area contributed by atoms with Crippen molar-refractivity contribution in [3.8, 4) is 17.1 Å². The Labute approximate surface area is 154 Å². The van der Waals surface area contributed by atoms with E-state index in [1.54, 1.807) is 37.4 Å². The molecule has 3 rings (SSSR count). The van der Waals surface area contributed by atoms with Gasteiger partial charge < -0.3 is 9.15 Å². The smallest absolute Gasteiger partial charge is 0.269 e. The molecule has 0 saturated heterocycles. The molecule has 0 amide bonds. The van der Waals surface area contributed by atoms with Gasteiger partial charge in [-0.15, -0.1) is 0 Å². The maximum absolute atomic E-state index is 10.6. The van der Waals surface area contributed by atoms with Gasteiger partial charge in [-0.25, -0.2) is 0 Å². The Morgan fingerprint density at radius 3 is 2.62 bits per heavy atom. The summed E-state index contributed by atoms with van der Waals surface area (Å²) in [5.74, 6) is 1.78. The number of hydrazone groups is 1. The number of anilines is 1. The highest BCUT2D eigenvalue weighted by Crippen LogP contribution is 2.30. The van der Waals surface area contributed by atoms with Crippen molar-refractivity contribution < 1.29 is 14.1 Å². The maximum Gasteiger partial charge on any atom is 0.269 e. The molecular weight excluding hydrogens is 358 g/mol. The minimum atomic E-state index is -0.456. The number of halogens is 1. The van der Waals surface area contributed by atoms with Crippen molar-refractivity contribution in [3.05, 3.63) is 75.5 Å². The lowest BCUT2D eigenvalue weighted by atomic mass is 10.2. The highest BCUT2D eigenvalue weighted by Gasteiger charge is 2.07. The van der Waals surface area contributed by atoms with Crippen LogP contribution < -0.4 is 10.2 Å². The van der Waals surface area contributed by atoms with E-state index < -0.39 is 4.92 Å². The van der Waals surface area contributed by atoms with Crippen molar-refractivity contribution in [2.75, 3.05) is 12.5 Å². The van der Waals surface area contributed by atoms with E-state index in [0.29, 0.717) is 28.0 Å². The monoisotopic (exact) mass is 371 g/mol. The van der Waals surface area contributed by atoms with Crippen molar-refractivity contribution in [1.29, 1.82) is 0 Å². The molecule has 0 radical (unpaired) electrons. The largest absolute Gasteiger partial charge is 0.495 e. The minimum absolute atomic E-state index is 0.0216. The van der Waals surface area contributed by atoms with Gasteiger partial charge in [0.15, 0.2) is 0 Å². The van der Waals surface area contributed by atoms with Crippen LogP contribution in [-0.2, 0) is 0 Å². The summed E-state index contributed by atoms with van der Waals surface area (Å²) < 4.78 is 10.8. The number of nitrogens with zero attached hydrogens (tertiary/aromatic N) is 2. The average molecular weight is 372 g/mol. The van der Waals surface area contributed by atoms with Crippen LogP contribution in [0.4, 0.5) is 11.4 Å². The molecule has 0 atom stereocenters. The molecule has 0 aliphatic rings. The molecule has 1 N–H and O–H groups in total.